The van der Waals surface area contributed by atoms with Crippen molar-refractivity contribution in [3.63, 3.8) is 0 Å². The second-order valence-electron chi connectivity index (χ2n) is 7.37. The van der Waals surface area contributed by atoms with Crippen LogP contribution in [-0.4, -0.2) is 53.0 Å². The van der Waals surface area contributed by atoms with Gasteiger partial charge in [0, 0.05) is 24.8 Å². The van der Waals surface area contributed by atoms with Crippen molar-refractivity contribution in [1.82, 2.24) is 14.7 Å². The number of nitrogens with zero attached hydrogens (tertiary/aromatic N) is 3. The number of benzene rings is 2. The highest BCUT2D eigenvalue weighted by Gasteiger charge is 2.29. The molecule has 0 saturated carbocycles. The van der Waals surface area contributed by atoms with E-state index in [1.165, 1.54) is 0 Å². The SMILES string of the molecule is COc1cccc(-c2nn(-c3ccccc3)cc2C(=O)N2CC(C)OC(C)C2)c1. The number of aromatic nitrogens is 2. The summed E-state index contributed by atoms with van der Waals surface area (Å²) in [5, 5.41) is 4.76. The van der Waals surface area contributed by atoms with E-state index in [4.69, 9.17) is 14.6 Å². The summed E-state index contributed by atoms with van der Waals surface area (Å²) in [5.74, 6) is 0.691. The molecule has 6 nitrogen and oxygen atoms in total. The molecule has 29 heavy (non-hydrogen) atoms. The Morgan fingerprint density at radius 2 is 1.79 bits per heavy atom. The van der Waals surface area contributed by atoms with Gasteiger partial charge in [0.1, 0.15) is 11.4 Å². The van der Waals surface area contributed by atoms with Gasteiger partial charge in [-0.25, -0.2) is 4.68 Å². The van der Waals surface area contributed by atoms with Crippen molar-refractivity contribution in [2.75, 3.05) is 20.2 Å². The smallest absolute Gasteiger partial charge is 0.257 e. The zero-order chi connectivity index (χ0) is 20.4. The first-order valence-corrected chi connectivity index (χ1v) is 9.79. The molecule has 0 aliphatic carbocycles. The van der Waals surface area contributed by atoms with E-state index in [9.17, 15) is 4.79 Å². The first-order valence-electron chi connectivity index (χ1n) is 9.79. The van der Waals surface area contributed by atoms with E-state index in [-0.39, 0.29) is 18.1 Å². The van der Waals surface area contributed by atoms with Crippen molar-refractivity contribution in [3.05, 3.63) is 66.4 Å². The fourth-order valence-electron chi connectivity index (χ4n) is 3.74. The van der Waals surface area contributed by atoms with Crippen LogP contribution in [0.15, 0.2) is 60.8 Å². The van der Waals surface area contributed by atoms with E-state index in [0.29, 0.717) is 24.3 Å². The van der Waals surface area contributed by atoms with Gasteiger partial charge in [0.2, 0.25) is 0 Å². The van der Waals surface area contributed by atoms with Crippen LogP contribution in [0.5, 0.6) is 5.75 Å². The number of methoxy groups -OCH3 is 1. The van der Waals surface area contributed by atoms with Crippen LogP contribution in [0, 0.1) is 0 Å². The van der Waals surface area contributed by atoms with Crippen molar-refractivity contribution in [2.45, 2.75) is 26.1 Å². The van der Waals surface area contributed by atoms with Crippen LogP contribution < -0.4 is 4.74 Å². The van der Waals surface area contributed by atoms with Gasteiger partial charge >= 0.3 is 0 Å². The molecule has 0 radical (unpaired) electrons. The van der Waals surface area contributed by atoms with Crippen molar-refractivity contribution in [3.8, 4) is 22.7 Å². The zero-order valence-corrected chi connectivity index (χ0v) is 16.9. The Hall–Kier alpha value is -3.12. The Kier molecular flexibility index (Phi) is 5.36. The lowest BCUT2D eigenvalue weighted by molar-refractivity contribution is -0.0586. The number of carbonyl (C=O) groups excluding carboxylic acids is 1. The number of rotatable bonds is 4. The van der Waals surface area contributed by atoms with E-state index in [1.807, 2.05) is 79.5 Å². The second-order valence-corrected chi connectivity index (χ2v) is 7.37. The third-order valence-corrected chi connectivity index (χ3v) is 5.02. The number of para-hydroxylation sites is 1. The molecular formula is C23H25N3O3. The molecule has 1 aliphatic heterocycles. The number of amides is 1. The second kappa shape index (κ2) is 8.09. The molecule has 3 aromatic rings. The Morgan fingerprint density at radius 3 is 2.48 bits per heavy atom. The molecule has 2 atom stereocenters. The van der Waals surface area contributed by atoms with Crippen LogP contribution in [0.1, 0.15) is 24.2 Å². The summed E-state index contributed by atoms with van der Waals surface area (Å²) in [7, 11) is 1.63. The minimum absolute atomic E-state index is 0.00661. The Bertz CT molecular complexity index is 990. The Morgan fingerprint density at radius 1 is 1.07 bits per heavy atom. The maximum Gasteiger partial charge on any atom is 0.257 e. The van der Waals surface area contributed by atoms with Crippen molar-refractivity contribution in [2.24, 2.45) is 0 Å². The first kappa shape index (κ1) is 19.2. The average Bonchev–Trinajstić information content (AvgIpc) is 3.18. The maximum atomic E-state index is 13.5. The van der Waals surface area contributed by atoms with E-state index < -0.39 is 0 Å². The van der Waals surface area contributed by atoms with Crippen LogP contribution in [0.4, 0.5) is 0 Å². The zero-order valence-electron chi connectivity index (χ0n) is 16.9. The van der Waals surface area contributed by atoms with E-state index in [1.54, 1.807) is 11.8 Å². The normalized spacial score (nSPS) is 19.2. The van der Waals surface area contributed by atoms with Gasteiger partial charge in [-0.2, -0.15) is 5.10 Å². The molecular weight excluding hydrogens is 366 g/mol. The van der Waals surface area contributed by atoms with Crippen LogP contribution in [0.2, 0.25) is 0 Å². The Labute approximate surface area is 170 Å². The van der Waals surface area contributed by atoms with Crippen LogP contribution >= 0.6 is 0 Å². The van der Waals surface area contributed by atoms with Gasteiger partial charge in [0.15, 0.2) is 0 Å². The van der Waals surface area contributed by atoms with E-state index >= 15 is 0 Å². The standard InChI is InChI=1S/C23H25N3O3/c1-16-13-25(14-17(2)29-16)23(27)21-15-26(19-9-5-4-6-10-19)24-22(21)18-8-7-11-20(12-18)28-3/h4-12,15-17H,13-14H2,1-3H3. The summed E-state index contributed by atoms with van der Waals surface area (Å²) in [6.07, 6.45) is 1.83. The molecule has 2 unspecified atom stereocenters. The quantitative estimate of drug-likeness (QED) is 0.679. The molecule has 4 rings (SSSR count). The minimum atomic E-state index is -0.0352. The van der Waals surface area contributed by atoms with Crippen molar-refractivity contribution < 1.29 is 14.3 Å². The van der Waals surface area contributed by atoms with Gasteiger partial charge in [-0.1, -0.05) is 30.3 Å². The fourth-order valence-corrected chi connectivity index (χ4v) is 3.74. The summed E-state index contributed by atoms with van der Waals surface area (Å²) in [4.78, 5) is 15.3. The molecule has 1 saturated heterocycles. The minimum Gasteiger partial charge on any atom is -0.497 e. The number of morpholine rings is 1. The lowest BCUT2D eigenvalue weighted by Gasteiger charge is -2.35. The van der Waals surface area contributed by atoms with Gasteiger partial charge in [-0.3, -0.25) is 4.79 Å². The predicted molar refractivity (Wildman–Crippen MR) is 111 cm³/mol. The van der Waals surface area contributed by atoms with Crippen LogP contribution in [0.3, 0.4) is 0 Å². The lowest BCUT2D eigenvalue weighted by Crippen LogP contribution is -2.48. The highest BCUT2D eigenvalue weighted by atomic mass is 16.5. The molecule has 0 spiro atoms. The number of hydrogen-bond donors (Lipinski definition) is 0. The van der Waals surface area contributed by atoms with Gasteiger partial charge in [0.25, 0.3) is 5.91 Å². The van der Waals surface area contributed by atoms with Gasteiger partial charge < -0.3 is 14.4 Å². The molecule has 2 aromatic carbocycles. The molecule has 0 bridgehead atoms. The summed E-state index contributed by atoms with van der Waals surface area (Å²) in [5.41, 5.74) is 2.96. The van der Waals surface area contributed by atoms with Gasteiger partial charge in [-0.15, -0.1) is 0 Å². The Balaban J connectivity index is 1.78. The molecule has 0 N–H and O–H groups in total. The van der Waals surface area contributed by atoms with Gasteiger partial charge in [-0.05, 0) is 38.1 Å². The average molecular weight is 391 g/mol. The van der Waals surface area contributed by atoms with E-state index in [2.05, 4.69) is 0 Å². The highest BCUT2D eigenvalue weighted by Crippen LogP contribution is 2.28. The molecule has 1 aliphatic rings. The summed E-state index contributed by atoms with van der Waals surface area (Å²) >= 11 is 0. The predicted octanol–water partition coefficient (Wildman–Crippen LogP) is 3.80. The topological polar surface area (TPSA) is 56.6 Å². The van der Waals surface area contributed by atoms with E-state index in [0.717, 1.165) is 17.0 Å². The monoisotopic (exact) mass is 391 g/mol. The first-order chi connectivity index (χ1) is 14.0. The summed E-state index contributed by atoms with van der Waals surface area (Å²) in [6, 6.07) is 17.4. The maximum absolute atomic E-state index is 13.5. The molecule has 6 heteroatoms. The third kappa shape index (κ3) is 4.03. The highest BCUT2D eigenvalue weighted by molar-refractivity contribution is 6.00. The number of carbonyl (C=O) groups is 1. The molecule has 1 amide bonds. The lowest BCUT2D eigenvalue weighted by atomic mass is 10.1. The molecule has 2 heterocycles. The molecule has 150 valence electrons. The summed E-state index contributed by atoms with van der Waals surface area (Å²) < 4.78 is 12.9. The van der Waals surface area contributed by atoms with Gasteiger partial charge in [0.05, 0.1) is 30.6 Å². The van der Waals surface area contributed by atoms with Crippen molar-refractivity contribution >= 4 is 5.91 Å². The van der Waals surface area contributed by atoms with Crippen molar-refractivity contribution in [1.29, 1.82) is 0 Å². The fraction of sp³-hybridized carbons (Fsp3) is 0.304. The van der Waals surface area contributed by atoms with Crippen LogP contribution in [0.25, 0.3) is 16.9 Å². The largest absolute Gasteiger partial charge is 0.497 e. The molecule has 1 fully saturated rings. The number of ether oxygens (including phenoxy) is 2. The molecule has 1 aromatic heterocycles. The van der Waals surface area contributed by atoms with Crippen LogP contribution in [-0.2, 0) is 4.74 Å². The summed E-state index contributed by atoms with van der Waals surface area (Å²) in [6.45, 7) is 5.12. The third-order valence-electron chi connectivity index (χ3n) is 5.02. The number of hydrogen-bond acceptors (Lipinski definition) is 4.